The Morgan fingerprint density at radius 3 is 2.48 bits per heavy atom. The molecule has 3 rings (SSSR count). The summed E-state index contributed by atoms with van der Waals surface area (Å²) in [5.41, 5.74) is 0.941. The lowest BCUT2D eigenvalue weighted by atomic mass is 10.2. The molecular weight excluding hydrogens is 316 g/mol. The molecule has 0 radical (unpaired) electrons. The van der Waals surface area contributed by atoms with Gasteiger partial charge in [-0.3, -0.25) is 4.90 Å². The van der Waals surface area contributed by atoms with Gasteiger partial charge in [0.2, 0.25) is 21.8 Å². The first-order valence-electron chi connectivity index (χ1n) is 7.53. The van der Waals surface area contributed by atoms with Crippen LogP contribution in [0.4, 0.5) is 0 Å². The molecule has 0 saturated carbocycles. The molecule has 8 heteroatoms. The van der Waals surface area contributed by atoms with Crippen LogP contribution in [-0.4, -0.2) is 54.0 Å². The maximum Gasteiger partial charge on any atom is 0.243 e. The van der Waals surface area contributed by atoms with Gasteiger partial charge in [-0.05, 0) is 24.6 Å². The molecule has 1 aromatic heterocycles. The Labute approximate surface area is 136 Å². The molecule has 1 saturated heterocycles. The summed E-state index contributed by atoms with van der Waals surface area (Å²) in [6.45, 7) is 6.41. The number of aromatic nitrogens is 2. The van der Waals surface area contributed by atoms with Crippen molar-refractivity contribution in [1.82, 2.24) is 19.4 Å². The summed E-state index contributed by atoms with van der Waals surface area (Å²) in [7, 11) is -3.42. The number of hydrogen-bond acceptors (Lipinski definition) is 6. The highest BCUT2D eigenvalue weighted by atomic mass is 32.2. The number of benzene rings is 1. The van der Waals surface area contributed by atoms with Crippen molar-refractivity contribution in [2.75, 3.05) is 26.2 Å². The van der Waals surface area contributed by atoms with Gasteiger partial charge in [0, 0.05) is 33.1 Å². The van der Waals surface area contributed by atoms with E-state index in [1.165, 1.54) is 4.31 Å². The van der Waals surface area contributed by atoms with Gasteiger partial charge in [-0.2, -0.15) is 4.31 Å². The number of hydrogen-bond donors (Lipinski definition) is 0. The van der Waals surface area contributed by atoms with Gasteiger partial charge < -0.3 is 4.42 Å². The van der Waals surface area contributed by atoms with Gasteiger partial charge >= 0.3 is 0 Å². The highest BCUT2D eigenvalue weighted by Crippen LogP contribution is 2.19. The van der Waals surface area contributed by atoms with Crippen LogP contribution in [0.2, 0.25) is 0 Å². The first-order chi connectivity index (χ1) is 10.9. The summed E-state index contributed by atoms with van der Waals surface area (Å²) in [4.78, 5) is 2.48. The van der Waals surface area contributed by atoms with E-state index in [2.05, 4.69) is 15.1 Å². The van der Waals surface area contributed by atoms with E-state index in [-0.39, 0.29) is 0 Å². The SMILES string of the molecule is Cc1cccc(S(=O)(=O)N2CCN(Cc3nnc(C)o3)CC2)c1. The van der Waals surface area contributed by atoms with Gasteiger partial charge in [0.15, 0.2) is 0 Å². The second-order valence-corrected chi connectivity index (χ2v) is 7.65. The van der Waals surface area contributed by atoms with E-state index >= 15 is 0 Å². The maximum atomic E-state index is 12.7. The third kappa shape index (κ3) is 3.60. The Kier molecular flexibility index (Phi) is 4.47. The van der Waals surface area contributed by atoms with Gasteiger partial charge in [0.05, 0.1) is 11.4 Å². The van der Waals surface area contributed by atoms with E-state index < -0.39 is 10.0 Å². The molecule has 0 bridgehead atoms. The van der Waals surface area contributed by atoms with Crippen molar-refractivity contribution < 1.29 is 12.8 Å². The molecule has 2 aromatic rings. The number of rotatable bonds is 4. The van der Waals surface area contributed by atoms with Crippen LogP contribution in [-0.2, 0) is 16.6 Å². The molecule has 1 fully saturated rings. The van der Waals surface area contributed by atoms with Gasteiger partial charge in [-0.25, -0.2) is 8.42 Å². The summed E-state index contributed by atoms with van der Waals surface area (Å²) in [6, 6.07) is 7.03. The second kappa shape index (κ2) is 6.38. The number of nitrogens with zero attached hydrogens (tertiary/aromatic N) is 4. The van der Waals surface area contributed by atoms with Crippen molar-refractivity contribution in [3.63, 3.8) is 0 Å². The lowest BCUT2D eigenvalue weighted by Gasteiger charge is -2.33. The van der Waals surface area contributed by atoms with E-state index in [1.807, 2.05) is 13.0 Å². The first-order valence-corrected chi connectivity index (χ1v) is 8.97. The fraction of sp³-hybridized carbons (Fsp3) is 0.467. The summed E-state index contributed by atoms with van der Waals surface area (Å²) in [5, 5.41) is 7.78. The van der Waals surface area contributed by atoms with Crippen molar-refractivity contribution in [3.05, 3.63) is 41.6 Å². The minimum Gasteiger partial charge on any atom is -0.424 e. The van der Waals surface area contributed by atoms with Crippen LogP contribution in [0.15, 0.2) is 33.6 Å². The molecule has 0 unspecified atom stereocenters. The molecule has 1 aliphatic rings. The van der Waals surface area contributed by atoms with Gasteiger partial charge in [0.25, 0.3) is 0 Å². The molecule has 7 nitrogen and oxygen atoms in total. The fourth-order valence-corrected chi connectivity index (χ4v) is 4.17. The zero-order chi connectivity index (χ0) is 16.4. The minimum absolute atomic E-state index is 0.360. The minimum atomic E-state index is -3.42. The average molecular weight is 336 g/mol. The molecule has 0 spiro atoms. The maximum absolute atomic E-state index is 12.7. The first kappa shape index (κ1) is 16.1. The topological polar surface area (TPSA) is 79.5 Å². The predicted molar refractivity (Wildman–Crippen MR) is 84.2 cm³/mol. The Morgan fingerprint density at radius 1 is 1.13 bits per heavy atom. The monoisotopic (exact) mass is 336 g/mol. The largest absolute Gasteiger partial charge is 0.424 e. The Bertz CT molecular complexity index is 780. The molecule has 23 heavy (non-hydrogen) atoms. The highest BCUT2D eigenvalue weighted by molar-refractivity contribution is 7.89. The molecular formula is C15H20N4O3S. The molecule has 2 heterocycles. The van der Waals surface area contributed by atoms with Crippen LogP contribution in [0.3, 0.4) is 0 Å². The van der Waals surface area contributed by atoms with E-state index in [9.17, 15) is 8.42 Å². The fourth-order valence-electron chi connectivity index (χ4n) is 2.65. The van der Waals surface area contributed by atoms with Crippen LogP contribution >= 0.6 is 0 Å². The van der Waals surface area contributed by atoms with Gasteiger partial charge in [-0.15, -0.1) is 10.2 Å². The smallest absolute Gasteiger partial charge is 0.243 e. The number of sulfonamides is 1. The van der Waals surface area contributed by atoms with Crippen LogP contribution in [0, 0.1) is 13.8 Å². The van der Waals surface area contributed by atoms with E-state index in [1.54, 1.807) is 25.1 Å². The lowest BCUT2D eigenvalue weighted by molar-refractivity contribution is 0.167. The van der Waals surface area contributed by atoms with Gasteiger partial charge in [0.1, 0.15) is 0 Å². The molecule has 0 N–H and O–H groups in total. The molecule has 1 aromatic carbocycles. The molecule has 124 valence electrons. The number of aryl methyl sites for hydroxylation is 2. The summed E-state index contributed by atoms with van der Waals surface area (Å²) < 4.78 is 32.3. The molecule has 0 atom stereocenters. The molecule has 1 aliphatic heterocycles. The lowest BCUT2D eigenvalue weighted by Crippen LogP contribution is -2.48. The third-order valence-corrected chi connectivity index (χ3v) is 5.78. The van der Waals surface area contributed by atoms with E-state index in [4.69, 9.17) is 4.42 Å². The Balaban J connectivity index is 1.64. The van der Waals surface area contributed by atoms with E-state index in [0.29, 0.717) is 49.4 Å². The summed E-state index contributed by atoms with van der Waals surface area (Å²) in [6.07, 6.45) is 0. The van der Waals surface area contributed by atoms with Crippen LogP contribution in [0.25, 0.3) is 0 Å². The van der Waals surface area contributed by atoms with Crippen LogP contribution in [0.1, 0.15) is 17.3 Å². The van der Waals surface area contributed by atoms with Gasteiger partial charge in [-0.1, -0.05) is 12.1 Å². The highest BCUT2D eigenvalue weighted by Gasteiger charge is 2.28. The van der Waals surface area contributed by atoms with Crippen LogP contribution in [0.5, 0.6) is 0 Å². The van der Waals surface area contributed by atoms with Crippen LogP contribution < -0.4 is 0 Å². The number of piperazine rings is 1. The molecule has 0 amide bonds. The summed E-state index contributed by atoms with van der Waals surface area (Å²) >= 11 is 0. The average Bonchev–Trinajstić information content (AvgIpc) is 2.93. The summed E-state index contributed by atoms with van der Waals surface area (Å²) in [5.74, 6) is 1.11. The second-order valence-electron chi connectivity index (χ2n) is 5.71. The van der Waals surface area contributed by atoms with Crippen molar-refractivity contribution >= 4 is 10.0 Å². The third-order valence-electron chi connectivity index (χ3n) is 3.89. The standard InChI is InChI=1S/C15H20N4O3S/c1-12-4-3-5-14(10-12)23(20,21)19-8-6-18(7-9-19)11-15-17-16-13(2)22-15/h3-5,10H,6-9,11H2,1-2H3. The zero-order valence-electron chi connectivity index (χ0n) is 13.3. The van der Waals surface area contributed by atoms with Crippen molar-refractivity contribution in [2.45, 2.75) is 25.3 Å². The zero-order valence-corrected chi connectivity index (χ0v) is 14.1. The Morgan fingerprint density at radius 2 is 1.87 bits per heavy atom. The van der Waals surface area contributed by atoms with E-state index in [0.717, 1.165) is 5.56 Å². The van der Waals surface area contributed by atoms with Crippen molar-refractivity contribution in [1.29, 1.82) is 0 Å². The quantitative estimate of drug-likeness (QED) is 0.834. The predicted octanol–water partition coefficient (Wildman–Crippen LogP) is 1.19. The Hall–Kier alpha value is -1.77. The molecule has 0 aliphatic carbocycles. The van der Waals surface area contributed by atoms with Crippen molar-refractivity contribution in [2.24, 2.45) is 0 Å². The van der Waals surface area contributed by atoms with Crippen molar-refractivity contribution in [3.8, 4) is 0 Å². The normalized spacial score (nSPS) is 17.5.